The molecule has 0 aromatic carbocycles. The Labute approximate surface area is 83.1 Å². The summed E-state index contributed by atoms with van der Waals surface area (Å²) in [4.78, 5) is 0. The fourth-order valence-corrected chi connectivity index (χ4v) is 1.18. The van der Waals surface area contributed by atoms with Crippen molar-refractivity contribution in [1.82, 2.24) is 5.32 Å². The Morgan fingerprint density at radius 2 is 1.85 bits per heavy atom. The summed E-state index contributed by atoms with van der Waals surface area (Å²) in [6.07, 6.45) is 1.20. The van der Waals surface area contributed by atoms with E-state index in [4.69, 9.17) is 4.74 Å². The molecule has 0 spiro atoms. The largest absolute Gasteiger partial charge is 0.381 e. The number of rotatable bonds is 8. The zero-order valence-corrected chi connectivity index (χ0v) is 9.60. The van der Waals surface area contributed by atoms with Crippen molar-refractivity contribution in [2.75, 3.05) is 26.3 Å². The van der Waals surface area contributed by atoms with Crippen LogP contribution in [0.25, 0.3) is 0 Å². The van der Waals surface area contributed by atoms with E-state index in [1.807, 2.05) is 6.92 Å². The zero-order valence-electron chi connectivity index (χ0n) is 9.60. The second-order valence-electron chi connectivity index (χ2n) is 3.99. The summed E-state index contributed by atoms with van der Waals surface area (Å²) < 4.78 is 5.40. The van der Waals surface area contributed by atoms with Crippen molar-refractivity contribution in [3.63, 3.8) is 0 Å². The minimum atomic E-state index is 0.679. The van der Waals surface area contributed by atoms with E-state index in [9.17, 15) is 0 Å². The Morgan fingerprint density at radius 3 is 2.31 bits per heavy atom. The second-order valence-corrected chi connectivity index (χ2v) is 3.99. The predicted molar refractivity (Wildman–Crippen MR) is 58.0 cm³/mol. The molecule has 0 heterocycles. The van der Waals surface area contributed by atoms with E-state index in [1.165, 1.54) is 6.42 Å². The monoisotopic (exact) mass is 187 g/mol. The van der Waals surface area contributed by atoms with Gasteiger partial charge in [0.1, 0.15) is 0 Å². The van der Waals surface area contributed by atoms with Gasteiger partial charge in [0.2, 0.25) is 0 Å². The molecule has 0 saturated carbocycles. The van der Waals surface area contributed by atoms with Gasteiger partial charge in [0.05, 0.1) is 6.61 Å². The van der Waals surface area contributed by atoms with Crippen molar-refractivity contribution in [3.8, 4) is 0 Å². The molecule has 1 unspecified atom stereocenters. The van der Waals surface area contributed by atoms with Gasteiger partial charge in [-0.3, -0.25) is 0 Å². The van der Waals surface area contributed by atoms with Crippen molar-refractivity contribution in [1.29, 1.82) is 0 Å². The molecule has 0 amide bonds. The molecule has 0 fully saturated rings. The van der Waals surface area contributed by atoms with Crippen LogP contribution in [0.2, 0.25) is 0 Å². The van der Waals surface area contributed by atoms with Gasteiger partial charge < -0.3 is 10.1 Å². The second kappa shape index (κ2) is 8.52. The molecular weight excluding hydrogens is 162 g/mol. The maximum Gasteiger partial charge on any atom is 0.0506 e. The van der Waals surface area contributed by atoms with Crippen LogP contribution in [0.4, 0.5) is 0 Å². The van der Waals surface area contributed by atoms with Crippen LogP contribution in [0.5, 0.6) is 0 Å². The Balaban J connectivity index is 3.36. The average molecular weight is 187 g/mol. The molecule has 0 aromatic rings. The molecule has 0 aliphatic rings. The van der Waals surface area contributed by atoms with E-state index in [0.29, 0.717) is 5.92 Å². The van der Waals surface area contributed by atoms with E-state index in [0.717, 1.165) is 32.2 Å². The first kappa shape index (κ1) is 12.9. The molecule has 2 heteroatoms. The third kappa shape index (κ3) is 8.26. The van der Waals surface area contributed by atoms with Crippen LogP contribution in [0.15, 0.2) is 0 Å². The Kier molecular flexibility index (Phi) is 8.46. The highest BCUT2D eigenvalue weighted by Crippen LogP contribution is 2.01. The molecule has 0 saturated heterocycles. The van der Waals surface area contributed by atoms with Gasteiger partial charge in [-0.15, -0.1) is 0 Å². The van der Waals surface area contributed by atoms with Crippen LogP contribution in [-0.2, 0) is 4.74 Å². The number of nitrogens with one attached hydrogen (secondary N) is 1. The normalized spacial score (nSPS) is 13.6. The SMILES string of the molecule is CCOCC(CC)CNCC(C)C. The minimum Gasteiger partial charge on any atom is -0.381 e. The first-order valence-corrected chi connectivity index (χ1v) is 5.49. The topological polar surface area (TPSA) is 21.3 Å². The molecule has 0 bridgehead atoms. The molecule has 0 aliphatic carbocycles. The predicted octanol–water partition coefficient (Wildman–Crippen LogP) is 2.29. The van der Waals surface area contributed by atoms with Crippen molar-refractivity contribution in [3.05, 3.63) is 0 Å². The van der Waals surface area contributed by atoms with Gasteiger partial charge in [0.15, 0.2) is 0 Å². The highest BCUT2D eigenvalue weighted by atomic mass is 16.5. The maximum atomic E-state index is 5.40. The molecule has 0 aromatic heterocycles. The summed E-state index contributed by atoms with van der Waals surface area (Å²) in [6.45, 7) is 12.7. The van der Waals surface area contributed by atoms with Crippen molar-refractivity contribution in [2.45, 2.75) is 34.1 Å². The summed E-state index contributed by atoms with van der Waals surface area (Å²) in [7, 11) is 0. The van der Waals surface area contributed by atoms with Gasteiger partial charge in [0.25, 0.3) is 0 Å². The molecule has 0 rings (SSSR count). The first-order valence-electron chi connectivity index (χ1n) is 5.49. The van der Waals surface area contributed by atoms with Crippen LogP contribution in [0.3, 0.4) is 0 Å². The van der Waals surface area contributed by atoms with E-state index < -0.39 is 0 Å². The number of hydrogen-bond acceptors (Lipinski definition) is 2. The molecule has 0 radical (unpaired) electrons. The summed E-state index contributed by atoms with van der Waals surface area (Å²) in [5.74, 6) is 1.42. The van der Waals surface area contributed by atoms with Gasteiger partial charge in [-0.25, -0.2) is 0 Å². The van der Waals surface area contributed by atoms with Gasteiger partial charge in [0, 0.05) is 13.2 Å². The standard InChI is InChI=1S/C11H25NO/c1-5-11(9-13-6-2)8-12-7-10(3)4/h10-12H,5-9H2,1-4H3. The van der Waals surface area contributed by atoms with Gasteiger partial charge in [-0.05, 0) is 31.7 Å². The lowest BCUT2D eigenvalue weighted by molar-refractivity contribution is 0.108. The quantitative estimate of drug-likeness (QED) is 0.629. The lowest BCUT2D eigenvalue weighted by Gasteiger charge is -2.16. The van der Waals surface area contributed by atoms with Gasteiger partial charge in [-0.2, -0.15) is 0 Å². The average Bonchev–Trinajstić information content (AvgIpc) is 2.10. The summed E-state index contributed by atoms with van der Waals surface area (Å²) >= 11 is 0. The fourth-order valence-electron chi connectivity index (χ4n) is 1.18. The fraction of sp³-hybridized carbons (Fsp3) is 1.00. The number of ether oxygens (including phenoxy) is 1. The highest BCUT2D eigenvalue weighted by Gasteiger charge is 2.05. The summed E-state index contributed by atoms with van der Waals surface area (Å²) in [6, 6.07) is 0. The smallest absolute Gasteiger partial charge is 0.0506 e. The maximum absolute atomic E-state index is 5.40. The Bertz CT molecular complexity index is 104. The highest BCUT2D eigenvalue weighted by molar-refractivity contribution is 4.60. The first-order chi connectivity index (χ1) is 6.20. The van der Waals surface area contributed by atoms with E-state index >= 15 is 0 Å². The Morgan fingerprint density at radius 1 is 1.15 bits per heavy atom. The minimum absolute atomic E-state index is 0.679. The van der Waals surface area contributed by atoms with Gasteiger partial charge in [-0.1, -0.05) is 20.8 Å². The number of hydrogen-bond donors (Lipinski definition) is 1. The van der Waals surface area contributed by atoms with Crippen molar-refractivity contribution in [2.24, 2.45) is 11.8 Å². The third-order valence-corrected chi connectivity index (χ3v) is 2.12. The lowest BCUT2D eigenvalue weighted by atomic mass is 10.1. The zero-order chi connectivity index (χ0) is 10.1. The summed E-state index contributed by atoms with van der Waals surface area (Å²) in [5.41, 5.74) is 0. The molecule has 1 atom stereocenters. The molecule has 1 N–H and O–H groups in total. The van der Waals surface area contributed by atoms with Crippen LogP contribution in [0, 0.1) is 11.8 Å². The van der Waals surface area contributed by atoms with E-state index in [1.54, 1.807) is 0 Å². The molecule has 2 nitrogen and oxygen atoms in total. The molecule has 13 heavy (non-hydrogen) atoms. The summed E-state index contributed by atoms with van der Waals surface area (Å²) in [5, 5.41) is 3.46. The van der Waals surface area contributed by atoms with Crippen molar-refractivity contribution >= 4 is 0 Å². The third-order valence-electron chi connectivity index (χ3n) is 2.12. The Hall–Kier alpha value is -0.0800. The van der Waals surface area contributed by atoms with Crippen molar-refractivity contribution < 1.29 is 4.74 Å². The van der Waals surface area contributed by atoms with E-state index in [-0.39, 0.29) is 0 Å². The van der Waals surface area contributed by atoms with E-state index in [2.05, 4.69) is 26.1 Å². The van der Waals surface area contributed by atoms with Crippen LogP contribution < -0.4 is 5.32 Å². The van der Waals surface area contributed by atoms with Gasteiger partial charge >= 0.3 is 0 Å². The van der Waals surface area contributed by atoms with Crippen LogP contribution >= 0.6 is 0 Å². The lowest BCUT2D eigenvalue weighted by Crippen LogP contribution is -2.28. The molecule has 0 aliphatic heterocycles. The molecule has 80 valence electrons. The van der Waals surface area contributed by atoms with Crippen LogP contribution in [0.1, 0.15) is 34.1 Å². The van der Waals surface area contributed by atoms with Crippen LogP contribution in [-0.4, -0.2) is 26.3 Å². The molecular formula is C11H25NO.